The molecule has 2 N–H and O–H groups in total. The van der Waals surface area contributed by atoms with Crippen molar-refractivity contribution in [1.82, 2.24) is 4.90 Å². The van der Waals surface area contributed by atoms with Crippen molar-refractivity contribution in [2.45, 2.75) is 19.8 Å². The van der Waals surface area contributed by atoms with Crippen LogP contribution in [0.3, 0.4) is 0 Å². The van der Waals surface area contributed by atoms with Crippen LogP contribution in [0, 0.1) is 12.8 Å². The summed E-state index contributed by atoms with van der Waals surface area (Å²) in [5, 5.41) is 5.85. The molecule has 2 aromatic rings. The van der Waals surface area contributed by atoms with Crippen molar-refractivity contribution in [3.63, 3.8) is 0 Å². The summed E-state index contributed by atoms with van der Waals surface area (Å²) in [5.74, 6) is 0.497. The summed E-state index contributed by atoms with van der Waals surface area (Å²) < 4.78 is 5.27. The lowest BCUT2D eigenvalue weighted by Crippen LogP contribution is -2.43. The summed E-state index contributed by atoms with van der Waals surface area (Å²) in [6.45, 7) is 3.12. The zero-order valence-corrected chi connectivity index (χ0v) is 15.7. The van der Waals surface area contributed by atoms with Crippen molar-refractivity contribution in [2.24, 2.45) is 5.92 Å². The lowest BCUT2D eigenvalue weighted by Gasteiger charge is -2.31. The average Bonchev–Trinajstić information content (AvgIpc) is 2.70. The second kappa shape index (κ2) is 8.58. The smallest absolute Gasteiger partial charge is 0.321 e. The number of amides is 3. The Kier molecular flexibility index (Phi) is 5.96. The Balaban J connectivity index is 1.51. The normalized spacial score (nSPS) is 14.5. The van der Waals surface area contributed by atoms with Crippen LogP contribution in [0.2, 0.25) is 0 Å². The molecule has 1 aliphatic heterocycles. The molecule has 0 atom stereocenters. The number of piperidine rings is 1. The highest BCUT2D eigenvalue weighted by Crippen LogP contribution is 2.26. The lowest BCUT2D eigenvalue weighted by atomic mass is 9.96. The number of ether oxygens (including phenoxy) is 1. The van der Waals surface area contributed by atoms with E-state index >= 15 is 0 Å². The topological polar surface area (TPSA) is 70.7 Å². The minimum Gasteiger partial charge on any atom is -0.495 e. The Hall–Kier alpha value is -3.02. The van der Waals surface area contributed by atoms with Crippen LogP contribution in [0.1, 0.15) is 18.4 Å². The maximum absolute atomic E-state index is 12.5. The molecule has 0 spiro atoms. The van der Waals surface area contributed by atoms with E-state index in [9.17, 15) is 9.59 Å². The van der Waals surface area contributed by atoms with Crippen LogP contribution in [-0.4, -0.2) is 37.0 Å². The third-order valence-electron chi connectivity index (χ3n) is 4.82. The number of benzene rings is 2. The SMILES string of the molecule is COc1ccccc1NC(=O)C1CCN(C(=O)Nc2ccc(C)cc2)CC1. The number of nitrogens with zero attached hydrogens (tertiary/aromatic N) is 1. The van der Waals surface area contributed by atoms with Crippen LogP contribution in [0.15, 0.2) is 48.5 Å². The van der Waals surface area contributed by atoms with Gasteiger partial charge in [0.1, 0.15) is 5.75 Å². The molecule has 0 aliphatic carbocycles. The summed E-state index contributed by atoms with van der Waals surface area (Å²) in [6, 6.07) is 14.9. The molecule has 0 bridgehead atoms. The summed E-state index contributed by atoms with van der Waals surface area (Å²) in [5.41, 5.74) is 2.60. The first-order valence-corrected chi connectivity index (χ1v) is 9.13. The van der Waals surface area contributed by atoms with Crippen LogP contribution >= 0.6 is 0 Å². The Labute approximate surface area is 159 Å². The van der Waals surface area contributed by atoms with Gasteiger partial charge in [-0.3, -0.25) is 4.79 Å². The Morgan fingerprint density at radius 2 is 1.67 bits per heavy atom. The number of methoxy groups -OCH3 is 1. The molecule has 2 aromatic carbocycles. The molecule has 1 aliphatic rings. The second-order valence-corrected chi connectivity index (χ2v) is 6.75. The monoisotopic (exact) mass is 367 g/mol. The third kappa shape index (κ3) is 4.78. The standard InChI is InChI=1S/C21H25N3O3/c1-15-7-9-17(10-8-15)22-21(26)24-13-11-16(12-14-24)20(25)23-18-5-3-4-6-19(18)27-2/h3-10,16H,11-14H2,1-2H3,(H,22,26)(H,23,25). The molecule has 6 nitrogen and oxygen atoms in total. The molecule has 1 heterocycles. The molecule has 6 heteroatoms. The van der Waals surface area contributed by atoms with Crippen molar-refractivity contribution in [1.29, 1.82) is 0 Å². The van der Waals surface area contributed by atoms with Gasteiger partial charge in [-0.15, -0.1) is 0 Å². The molecular weight excluding hydrogens is 342 g/mol. The summed E-state index contributed by atoms with van der Waals surface area (Å²) in [7, 11) is 1.58. The van der Waals surface area contributed by atoms with E-state index in [0.29, 0.717) is 37.4 Å². The number of hydrogen-bond acceptors (Lipinski definition) is 3. The van der Waals surface area contributed by atoms with Gasteiger partial charge < -0.3 is 20.3 Å². The number of urea groups is 1. The van der Waals surface area contributed by atoms with Crippen molar-refractivity contribution in [3.05, 3.63) is 54.1 Å². The van der Waals surface area contributed by atoms with Crippen molar-refractivity contribution in [3.8, 4) is 5.75 Å². The minimum absolute atomic E-state index is 0.0295. The van der Waals surface area contributed by atoms with E-state index in [2.05, 4.69) is 10.6 Å². The van der Waals surface area contributed by atoms with Crippen LogP contribution in [-0.2, 0) is 4.79 Å². The van der Waals surface area contributed by atoms with Crippen LogP contribution < -0.4 is 15.4 Å². The highest BCUT2D eigenvalue weighted by atomic mass is 16.5. The molecule has 3 amide bonds. The van der Waals surface area contributed by atoms with E-state index in [-0.39, 0.29) is 17.9 Å². The number of anilines is 2. The molecule has 0 unspecified atom stereocenters. The maximum Gasteiger partial charge on any atom is 0.321 e. The summed E-state index contributed by atoms with van der Waals surface area (Å²) >= 11 is 0. The molecule has 142 valence electrons. The Morgan fingerprint density at radius 3 is 2.33 bits per heavy atom. The minimum atomic E-state index is -0.123. The van der Waals surface area contributed by atoms with Gasteiger partial charge in [0.2, 0.25) is 5.91 Å². The molecule has 3 rings (SSSR count). The number of para-hydroxylation sites is 2. The largest absolute Gasteiger partial charge is 0.495 e. The number of carbonyl (C=O) groups excluding carboxylic acids is 2. The zero-order chi connectivity index (χ0) is 19.2. The van der Waals surface area contributed by atoms with Crippen LogP contribution in [0.5, 0.6) is 5.75 Å². The van der Waals surface area contributed by atoms with Gasteiger partial charge in [0, 0.05) is 24.7 Å². The van der Waals surface area contributed by atoms with Gasteiger partial charge in [0.25, 0.3) is 0 Å². The molecule has 0 aromatic heterocycles. The molecular formula is C21H25N3O3. The van der Waals surface area contributed by atoms with Crippen LogP contribution in [0.4, 0.5) is 16.2 Å². The Bertz CT molecular complexity index is 797. The molecule has 27 heavy (non-hydrogen) atoms. The third-order valence-corrected chi connectivity index (χ3v) is 4.82. The number of likely N-dealkylation sites (tertiary alicyclic amines) is 1. The van der Waals surface area contributed by atoms with E-state index in [1.54, 1.807) is 12.0 Å². The first kappa shape index (κ1) is 18.8. The predicted molar refractivity (Wildman–Crippen MR) is 106 cm³/mol. The summed E-state index contributed by atoms with van der Waals surface area (Å²) in [6.07, 6.45) is 1.28. The van der Waals surface area contributed by atoms with Gasteiger partial charge in [0.05, 0.1) is 12.8 Å². The predicted octanol–water partition coefficient (Wildman–Crippen LogP) is 3.89. The van der Waals surface area contributed by atoms with Crippen molar-refractivity contribution >= 4 is 23.3 Å². The average molecular weight is 367 g/mol. The first-order chi connectivity index (χ1) is 13.1. The number of rotatable bonds is 4. The van der Waals surface area contributed by atoms with Crippen molar-refractivity contribution in [2.75, 3.05) is 30.8 Å². The van der Waals surface area contributed by atoms with E-state index in [4.69, 9.17) is 4.74 Å². The van der Waals surface area contributed by atoms with Gasteiger partial charge in [-0.05, 0) is 44.0 Å². The van der Waals surface area contributed by atoms with Gasteiger partial charge in [-0.1, -0.05) is 29.8 Å². The highest BCUT2D eigenvalue weighted by Gasteiger charge is 2.27. The van der Waals surface area contributed by atoms with Crippen molar-refractivity contribution < 1.29 is 14.3 Å². The lowest BCUT2D eigenvalue weighted by molar-refractivity contribution is -0.121. The number of nitrogens with one attached hydrogen (secondary N) is 2. The van der Waals surface area contributed by atoms with E-state index in [0.717, 1.165) is 11.3 Å². The number of carbonyl (C=O) groups is 2. The zero-order valence-electron chi connectivity index (χ0n) is 15.7. The summed E-state index contributed by atoms with van der Waals surface area (Å²) in [4.78, 5) is 26.7. The Morgan fingerprint density at radius 1 is 1.00 bits per heavy atom. The van der Waals surface area contributed by atoms with E-state index in [1.165, 1.54) is 0 Å². The van der Waals surface area contributed by atoms with E-state index in [1.807, 2.05) is 55.5 Å². The fourth-order valence-corrected chi connectivity index (χ4v) is 3.17. The van der Waals surface area contributed by atoms with Gasteiger partial charge >= 0.3 is 6.03 Å². The fraction of sp³-hybridized carbons (Fsp3) is 0.333. The van der Waals surface area contributed by atoms with Crippen LogP contribution in [0.25, 0.3) is 0 Å². The quantitative estimate of drug-likeness (QED) is 0.861. The number of aryl methyl sites for hydroxylation is 1. The molecule has 0 saturated carbocycles. The van der Waals surface area contributed by atoms with Gasteiger partial charge in [0.15, 0.2) is 0 Å². The fourth-order valence-electron chi connectivity index (χ4n) is 3.17. The van der Waals surface area contributed by atoms with Gasteiger partial charge in [-0.2, -0.15) is 0 Å². The molecule has 0 radical (unpaired) electrons. The molecule has 1 fully saturated rings. The van der Waals surface area contributed by atoms with Gasteiger partial charge in [-0.25, -0.2) is 4.79 Å². The molecule has 1 saturated heterocycles. The van der Waals surface area contributed by atoms with E-state index < -0.39 is 0 Å². The first-order valence-electron chi connectivity index (χ1n) is 9.13. The highest BCUT2D eigenvalue weighted by molar-refractivity contribution is 5.94. The maximum atomic E-state index is 12.5. The number of hydrogen-bond donors (Lipinski definition) is 2. The second-order valence-electron chi connectivity index (χ2n) is 6.75.